The first-order chi connectivity index (χ1) is 22.3. The highest BCUT2D eigenvalue weighted by Gasteiger charge is 2.29. The van der Waals surface area contributed by atoms with E-state index in [9.17, 15) is 34.5 Å². The molecule has 0 aliphatic heterocycles. The Labute approximate surface area is 268 Å². The highest BCUT2D eigenvalue weighted by atomic mass is 16.4. The molecule has 2 aromatic carbocycles. The van der Waals surface area contributed by atoms with Gasteiger partial charge in [-0.3, -0.25) is 9.59 Å². The number of pyridine rings is 2. The van der Waals surface area contributed by atoms with Gasteiger partial charge in [0.25, 0.3) is 11.1 Å². The van der Waals surface area contributed by atoms with E-state index in [0.29, 0.717) is 17.2 Å². The van der Waals surface area contributed by atoms with E-state index < -0.39 is 34.4 Å². The number of aryl methyl sites for hydroxylation is 2. The zero-order valence-corrected chi connectivity index (χ0v) is 26.3. The Hall–Kier alpha value is -5.84. The zero-order chi connectivity index (χ0) is 33.7. The second kappa shape index (κ2) is 11.8. The van der Waals surface area contributed by atoms with Gasteiger partial charge in [0, 0.05) is 53.9 Å². The van der Waals surface area contributed by atoms with Crippen molar-refractivity contribution in [2.45, 2.75) is 38.5 Å². The van der Waals surface area contributed by atoms with Crippen LogP contribution in [0.3, 0.4) is 0 Å². The molecule has 0 amide bonds. The fourth-order valence-corrected chi connectivity index (χ4v) is 6.13. The van der Waals surface area contributed by atoms with E-state index in [1.807, 2.05) is 98.0 Å². The third-order valence-corrected chi connectivity index (χ3v) is 8.69. The van der Waals surface area contributed by atoms with Crippen molar-refractivity contribution in [3.63, 3.8) is 0 Å². The minimum Gasteiger partial charge on any atom is -0.506 e. The van der Waals surface area contributed by atoms with Gasteiger partial charge in [0.2, 0.25) is 0 Å². The van der Waals surface area contributed by atoms with Crippen molar-refractivity contribution in [1.82, 2.24) is 19.1 Å². The second-order valence-electron chi connectivity index (χ2n) is 12.2. The van der Waals surface area contributed by atoms with E-state index in [2.05, 4.69) is 9.97 Å². The van der Waals surface area contributed by atoms with Crippen LogP contribution in [0.25, 0.3) is 44.3 Å². The van der Waals surface area contributed by atoms with E-state index >= 15 is 0 Å². The summed E-state index contributed by atoms with van der Waals surface area (Å²) in [6, 6.07) is 17.2. The summed E-state index contributed by atoms with van der Waals surface area (Å²) in [4.78, 5) is 52.1. The van der Waals surface area contributed by atoms with E-state index in [0.717, 1.165) is 57.0 Å². The van der Waals surface area contributed by atoms with Crippen molar-refractivity contribution in [2.24, 2.45) is 14.1 Å². The zero-order valence-electron chi connectivity index (χ0n) is 26.3. The number of rotatable bonds is 6. The molecule has 1 saturated carbocycles. The van der Waals surface area contributed by atoms with Gasteiger partial charge in [0.05, 0.1) is 11.4 Å². The quantitative estimate of drug-likeness (QED) is 0.146. The molecule has 4 aromatic heterocycles. The van der Waals surface area contributed by atoms with E-state index in [4.69, 9.17) is 0 Å². The molecule has 0 radical (unpaired) electrons. The number of carboxylic acid groups (broad SMARTS) is 2. The molecule has 240 valence electrons. The van der Waals surface area contributed by atoms with Crippen LogP contribution in [-0.2, 0) is 14.1 Å². The molecule has 11 nitrogen and oxygen atoms in total. The second-order valence-corrected chi connectivity index (χ2v) is 12.2. The number of carbonyl (C=O) groups is 2. The summed E-state index contributed by atoms with van der Waals surface area (Å²) in [6.45, 7) is 3.67. The van der Waals surface area contributed by atoms with Crippen molar-refractivity contribution in [3.8, 4) is 28.3 Å². The van der Waals surface area contributed by atoms with Gasteiger partial charge >= 0.3 is 11.9 Å². The number of aromatic hydroxyl groups is 1. The lowest BCUT2D eigenvalue weighted by Gasteiger charge is -2.16. The average Bonchev–Trinajstić information content (AvgIpc) is 3.71. The number of hydrogen-bond acceptors (Lipinski definition) is 5. The number of benzene rings is 2. The van der Waals surface area contributed by atoms with Gasteiger partial charge in [-0.15, -0.1) is 0 Å². The van der Waals surface area contributed by atoms with Gasteiger partial charge in [-0.2, -0.15) is 0 Å². The summed E-state index contributed by atoms with van der Waals surface area (Å²) in [6.07, 6.45) is 6.00. The first-order valence-corrected chi connectivity index (χ1v) is 15.2. The van der Waals surface area contributed by atoms with Crippen molar-refractivity contribution in [3.05, 3.63) is 110 Å². The standard InChI is InChI=1S/C18H18N2O4.C18H16N2O3/c1-9(2)13-15(19-17(22)14(16(13)21)18(23)24)11-4-5-12-10(8-11)6-7-20(12)3;1-20-7-6-11-8-12(4-5-15(11)20)16-13(10-2-3-10)9-14(18(22)23)17(21)19-16/h4-9H,1-3H3,(H,23,24)(H2,19,21,22);4-10H,2-3H2,1H3,(H,19,21)(H,22,23). The summed E-state index contributed by atoms with van der Waals surface area (Å²) >= 11 is 0. The minimum atomic E-state index is -1.44. The minimum absolute atomic E-state index is 0.165. The van der Waals surface area contributed by atoms with Crippen LogP contribution >= 0.6 is 0 Å². The maximum atomic E-state index is 12.1. The van der Waals surface area contributed by atoms with Gasteiger partial charge in [-0.25, -0.2) is 9.59 Å². The maximum absolute atomic E-state index is 12.1. The number of aromatic nitrogens is 4. The van der Waals surface area contributed by atoms with Crippen LogP contribution in [0.4, 0.5) is 0 Å². The molecule has 47 heavy (non-hydrogen) atoms. The van der Waals surface area contributed by atoms with Crippen LogP contribution in [0.2, 0.25) is 0 Å². The number of H-pyrrole nitrogens is 2. The molecule has 4 heterocycles. The van der Waals surface area contributed by atoms with Gasteiger partial charge in [-0.1, -0.05) is 26.0 Å². The average molecular weight is 635 g/mol. The normalized spacial score (nSPS) is 12.8. The molecule has 0 atom stereocenters. The maximum Gasteiger partial charge on any atom is 0.345 e. The van der Waals surface area contributed by atoms with Gasteiger partial charge < -0.3 is 34.4 Å². The summed E-state index contributed by atoms with van der Waals surface area (Å²) < 4.78 is 4.02. The van der Waals surface area contributed by atoms with Crippen LogP contribution in [0.5, 0.6) is 5.75 Å². The highest BCUT2D eigenvalue weighted by molar-refractivity contribution is 5.93. The van der Waals surface area contributed by atoms with E-state index in [1.54, 1.807) is 6.07 Å². The molecule has 0 spiro atoms. The smallest absolute Gasteiger partial charge is 0.345 e. The Morgan fingerprint density at radius 1 is 0.766 bits per heavy atom. The predicted octanol–water partition coefficient (Wildman–Crippen LogP) is 6.17. The molecule has 1 aliphatic rings. The first kappa shape index (κ1) is 31.2. The lowest BCUT2D eigenvalue weighted by molar-refractivity contribution is 0.0682. The summed E-state index contributed by atoms with van der Waals surface area (Å²) in [7, 11) is 3.93. The molecule has 0 unspecified atom stereocenters. The van der Waals surface area contributed by atoms with Gasteiger partial charge in [0.15, 0.2) is 5.56 Å². The summed E-state index contributed by atoms with van der Waals surface area (Å²) in [5.74, 6) is -2.92. The molecule has 0 bridgehead atoms. The lowest BCUT2D eigenvalue weighted by Crippen LogP contribution is -2.20. The molecule has 1 fully saturated rings. The largest absolute Gasteiger partial charge is 0.506 e. The number of nitrogens with one attached hydrogen (secondary N) is 2. The van der Waals surface area contributed by atoms with Gasteiger partial charge in [-0.05, 0) is 83.8 Å². The van der Waals surface area contributed by atoms with Crippen LogP contribution in [0.15, 0.2) is 76.6 Å². The number of carboxylic acids is 2. The highest BCUT2D eigenvalue weighted by Crippen LogP contribution is 2.44. The van der Waals surface area contributed by atoms with Gasteiger partial charge in [0.1, 0.15) is 11.3 Å². The molecular weight excluding hydrogens is 600 g/mol. The topological polar surface area (TPSA) is 170 Å². The molecule has 0 saturated heterocycles. The van der Waals surface area contributed by atoms with Crippen LogP contribution < -0.4 is 11.1 Å². The number of fused-ring (bicyclic) bond motifs is 2. The third-order valence-electron chi connectivity index (χ3n) is 8.69. The van der Waals surface area contributed by atoms with Crippen molar-refractivity contribution in [1.29, 1.82) is 0 Å². The lowest BCUT2D eigenvalue weighted by atomic mass is 9.94. The predicted molar refractivity (Wildman–Crippen MR) is 180 cm³/mol. The number of nitrogens with zero attached hydrogens (tertiary/aromatic N) is 2. The van der Waals surface area contributed by atoms with Crippen molar-refractivity contribution < 1.29 is 24.9 Å². The van der Waals surface area contributed by atoms with Crippen LogP contribution in [-0.4, -0.2) is 46.4 Å². The monoisotopic (exact) mass is 634 g/mol. The van der Waals surface area contributed by atoms with Crippen LogP contribution in [0.1, 0.15) is 70.4 Å². The molecule has 5 N–H and O–H groups in total. The number of hydrogen-bond donors (Lipinski definition) is 5. The SMILES string of the molecule is CC(C)c1c(-c2ccc3c(ccn3C)c2)[nH]c(=O)c(C(=O)O)c1O.Cn1ccc2cc(-c3[nH]c(=O)c(C(=O)O)cc3C3CC3)ccc21. The fraction of sp³-hybridized carbons (Fsp3) is 0.222. The first-order valence-electron chi connectivity index (χ1n) is 15.2. The Kier molecular flexibility index (Phi) is 7.84. The Morgan fingerprint density at radius 2 is 1.30 bits per heavy atom. The van der Waals surface area contributed by atoms with Crippen molar-refractivity contribution >= 4 is 33.7 Å². The Bertz CT molecular complexity index is 2330. The summed E-state index contributed by atoms with van der Waals surface area (Å²) in [5.41, 5.74) is 4.17. The Morgan fingerprint density at radius 3 is 1.79 bits per heavy atom. The number of aromatic amines is 2. The van der Waals surface area contributed by atoms with E-state index in [-0.39, 0.29) is 11.5 Å². The molecule has 1 aliphatic carbocycles. The van der Waals surface area contributed by atoms with E-state index in [1.165, 1.54) is 0 Å². The molecule has 7 rings (SSSR count). The van der Waals surface area contributed by atoms with Crippen LogP contribution in [0, 0.1) is 0 Å². The number of aromatic carboxylic acids is 2. The molecule has 6 aromatic rings. The van der Waals surface area contributed by atoms with Crippen molar-refractivity contribution in [2.75, 3.05) is 0 Å². The molecule has 11 heteroatoms. The Balaban J connectivity index is 0.000000164. The fourth-order valence-electron chi connectivity index (χ4n) is 6.13. The summed E-state index contributed by atoms with van der Waals surface area (Å²) in [5, 5.41) is 30.8. The third kappa shape index (κ3) is 5.71. The molecular formula is C36H34N4O7.